The van der Waals surface area contributed by atoms with Crippen molar-refractivity contribution in [1.82, 2.24) is 0 Å². The number of aromatic hydroxyl groups is 2. The summed E-state index contributed by atoms with van der Waals surface area (Å²) in [5.41, 5.74) is 2.05. The van der Waals surface area contributed by atoms with Crippen LogP contribution in [0.2, 0.25) is 0 Å². The van der Waals surface area contributed by atoms with Crippen LogP contribution in [0, 0.1) is 0 Å². The SMILES string of the molecule is Oc1ccc([C@@H]2C=Cc3ccc(O)cc3OC2)cc1. The molecule has 2 N–H and O–H groups in total. The Morgan fingerprint density at radius 1 is 0.947 bits per heavy atom. The number of fused-ring (bicyclic) bond motifs is 1. The Bertz CT molecular complexity index is 614. The standard InChI is InChI=1S/C16H14O3/c17-14-6-3-11(4-7-14)13-2-1-12-5-8-15(18)9-16(12)19-10-13/h1-9,13,17-18H,10H2/t13-/m1/s1. The van der Waals surface area contributed by atoms with Crippen molar-refractivity contribution in [2.24, 2.45) is 0 Å². The molecule has 0 saturated heterocycles. The summed E-state index contributed by atoms with van der Waals surface area (Å²) in [6, 6.07) is 12.2. The predicted molar refractivity (Wildman–Crippen MR) is 73.5 cm³/mol. The Morgan fingerprint density at radius 2 is 1.68 bits per heavy atom. The van der Waals surface area contributed by atoms with Crippen LogP contribution in [0.25, 0.3) is 6.08 Å². The number of rotatable bonds is 1. The van der Waals surface area contributed by atoms with Gasteiger partial charge in [-0.05, 0) is 29.8 Å². The fourth-order valence-electron chi connectivity index (χ4n) is 2.17. The van der Waals surface area contributed by atoms with Crippen molar-refractivity contribution in [3.05, 3.63) is 59.7 Å². The monoisotopic (exact) mass is 254 g/mol. The zero-order valence-corrected chi connectivity index (χ0v) is 10.3. The van der Waals surface area contributed by atoms with Gasteiger partial charge in [-0.15, -0.1) is 0 Å². The van der Waals surface area contributed by atoms with Crippen LogP contribution < -0.4 is 4.74 Å². The zero-order valence-electron chi connectivity index (χ0n) is 10.3. The lowest BCUT2D eigenvalue weighted by Crippen LogP contribution is -2.06. The molecule has 0 bridgehead atoms. The number of benzene rings is 2. The second kappa shape index (κ2) is 4.69. The van der Waals surface area contributed by atoms with Crippen LogP contribution >= 0.6 is 0 Å². The molecule has 0 amide bonds. The van der Waals surface area contributed by atoms with E-state index in [0.717, 1.165) is 11.1 Å². The number of ether oxygens (including phenoxy) is 1. The first-order chi connectivity index (χ1) is 9.22. The van der Waals surface area contributed by atoms with Gasteiger partial charge in [0.05, 0.1) is 6.61 Å². The minimum atomic E-state index is 0.134. The molecule has 0 spiro atoms. The Morgan fingerprint density at radius 3 is 2.47 bits per heavy atom. The van der Waals surface area contributed by atoms with E-state index in [1.165, 1.54) is 0 Å². The highest BCUT2D eigenvalue weighted by Gasteiger charge is 2.14. The zero-order chi connectivity index (χ0) is 13.2. The largest absolute Gasteiger partial charge is 0.508 e. The molecule has 0 unspecified atom stereocenters. The molecule has 96 valence electrons. The number of phenolic OH excluding ortho intramolecular Hbond substituents is 2. The van der Waals surface area contributed by atoms with E-state index >= 15 is 0 Å². The van der Waals surface area contributed by atoms with Crippen LogP contribution in [0.15, 0.2) is 48.5 Å². The third-order valence-corrected chi connectivity index (χ3v) is 3.24. The van der Waals surface area contributed by atoms with Crippen LogP contribution in [0.3, 0.4) is 0 Å². The second-order valence-corrected chi connectivity index (χ2v) is 4.59. The quantitative estimate of drug-likeness (QED) is 0.821. The van der Waals surface area contributed by atoms with Gasteiger partial charge in [0.15, 0.2) is 0 Å². The third-order valence-electron chi connectivity index (χ3n) is 3.24. The van der Waals surface area contributed by atoms with Crippen LogP contribution in [0.4, 0.5) is 0 Å². The first-order valence-electron chi connectivity index (χ1n) is 6.15. The number of hydrogen-bond acceptors (Lipinski definition) is 3. The van der Waals surface area contributed by atoms with Crippen molar-refractivity contribution in [2.75, 3.05) is 6.61 Å². The average Bonchev–Trinajstić information content (AvgIpc) is 2.62. The highest BCUT2D eigenvalue weighted by atomic mass is 16.5. The predicted octanol–water partition coefficient (Wildman–Crippen LogP) is 3.29. The van der Waals surface area contributed by atoms with E-state index in [1.54, 1.807) is 24.3 Å². The molecule has 19 heavy (non-hydrogen) atoms. The molecule has 3 heteroatoms. The van der Waals surface area contributed by atoms with E-state index < -0.39 is 0 Å². The van der Waals surface area contributed by atoms with Gasteiger partial charge in [0.2, 0.25) is 0 Å². The van der Waals surface area contributed by atoms with Crippen molar-refractivity contribution in [2.45, 2.75) is 5.92 Å². The molecule has 0 fully saturated rings. The minimum Gasteiger partial charge on any atom is -0.508 e. The summed E-state index contributed by atoms with van der Waals surface area (Å²) >= 11 is 0. The smallest absolute Gasteiger partial charge is 0.130 e. The van der Waals surface area contributed by atoms with Gasteiger partial charge in [-0.1, -0.05) is 24.3 Å². The molecule has 3 rings (SSSR count). The van der Waals surface area contributed by atoms with Gasteiger partial charge in [0.1, 0.15) is 17.2 Å². The molecule has 0 saturated carbocycles. The molecule has 0 aromatic heterocycles. The first-order valence-corrected chi connectivity index (χ1v) is 6.15. The maximum absolute atomic E-state index is 9.46. The Labute approximate surface area is 111 Å². The van der Waals surface area contributed by atoms with Gasteiger partial charge in [-0.25, -0.2) is 0 Å². The maximum atomic E-state index is 9.46. The van der Waals surface area contributed by atoms with E-state index in [9.17, 15) is 10.2 Å². The highest BCUT2D eigenvalue weighted by Crippen LogP contribution is 2.31. The molecule has 2 aromatic carbocycles. The summed E-state index contributed by atoms with van der Waals surface area (Å²) in [4.78, 5) is 0. The molecular weight excluding hydrogens is 240 g/mol. The van der Waals surface area contributed by atoms with Crippen molar-refractivity contribution in [3.63, 3.8) is 0 Å². The number of hydrogen-bond donors (Lipinski definition) is 2. The summed E-state index contributed by atoms with van der Waals surface area (Å²) in [7, 11) is 0. The van der Waals surface area contributed by atoms with Crippen molar-refractivity contribution < 1.29 is 14.9 Å². The first kappa shape index (κ1) is 11.7. The van der Waals surface area contributed by atoms with Gasteiger partial charge in [0.25, 0.3) is 0 Å². The fourth-order valence-corrected chi connectivity index (χ4v) is 2.17. The Kier molecular flexibility index (Phi) is 2.88. The Balaban J connectivity index is 1.88. The maximum Gasteiger partial charge on any atom is 0.130 e. The normalized spacial score (nSPS) is 17.4. The topological polar surface area (TPSA) is 49.7 Å². The number of phenols is 2. The summed E-state index contributed by atoms with van der Waals surface area (Å²) < 4.78 is 5.74. The van der Waals surface area contributed by atoms with Gasteiger partial charge in [0, 0.05) is 17.5 Å². The van der Waals surface area contributed by atoms with E-state index in [-0.39, 0.29) is 17.4 Å². The van der Waals surface area contributed by atoms with Crippen LogP contribution in [0.1, 0.15) is 17.0 Å². The lowest BCUT2D eigenvalue weighted by molar-refractivity contribution is 0.306. The van der Waals surface area contributed by atoms with Crippen molar-refractivity contribution >= 4 is 6.08 Å². The van der Waals surface area contributed by atoms with Crippen LogP contribution in [0.5, 0.6) is 17.2 Å². The molecule has 0 aliphatic carbocycles. The second-order valence-electron chi connectivity index (χ2n) is 4.59. The van der Waals surface area contributed by atoms with Crippen molar-refractivity contribution in [1.29, 1.82) is 0 Å². The minimum absolute atomic E-state index is 0.134. The van der Waals surface area contributed by atoms with E-state index in [0.29, 0.717) is 12.4 Å². The van der Waals surface area contributed by atoms with Gasteiger partial charge in [-0.2, -0.15) is 0 Å². The van der Waals surface area contributed by atoms with Crippen LogP contribution in [-0.2, 0) is 0 Å². The van der Waals surface area contributed by atoms with Gasteiger partial charge in [-0.3, -0.25) is 0 Å². The molecule has 0 radical (unpaired) electrons. The lowest BCUT2D eigenvalue weighted by Gasteiger charge is -2.13. The van der Waals surface area contributed by atoms with E-state index in [2.05, 4.69) is 6.08 Å². The molecule has 1 atom stereocenters. The summed E-state index contributed by atoms with van der Waals surface area (Å²) in [5.74, 6) is 1.29. The Hall–Kier alpha value is -2.42. The van der Waals surface area contributed by atoms with E-state index in [1.807, 2.05) is 24.3 Å². The molecule has 2 aromatic rings. The van der Waals surface area contributed by atoms with Gasteiger partial charge < -0.3 is 14.9 Å². The molecule has 1 heterocycles. The summed E-state index contributed by atoms with van der Waals surface area (Å²) in [6.45, 7) is 0.512. The highest BCUT2D eigenvalue weighted by molar-refractivity contribution is 5.61. The van der Waals surface area contributed by atoms with Crippen molar-refractivity contribution in [3.8, 4) is 17.2 Å². The molecule has 3 nitrogen and oxygen atoms in total. The third kappa shape index (κ3) is 2.40. The summed E-state index contributed by atoms with van der Waals surface area (Å²) in [6.07, 6.45) is 4.08. The van der Waals surface area contributed by atoms with Crippen LogP contribution in [-0.4, -0.2) is 16.8 Å². The molecule has 1 aliphatic rings. The average molecular weight is 254 g/mol. The van der Waals surface area contributed by atoms with E-state index in [4.69, 9.17) is 4.74 Å². The van der Waals surface area contributed by atoms with Gasteiger partial charge >= 0.3 is 0 Å². The molecular formula is C16H14O3. The summed E-state index contributed by atoms with van der Waals surface area (Å²) in [5, 5.41) is 18.8. The fraction of sp³-hybridized carbons (Fsp3) is 0.125. The molecule has 1 aliphatic heterocycles. The lowest BCUT2D eigenvalue weighted by atomic mass is 9.99.